The molecule has 0 bridgehead atoms. The predicted octanol–water partition coefficient (Wildman–Crippen LogP) is 2.36. The Morgan fingerprint density at radius 2 is 2.31 bits per heavy atom. The van der Waals surface area contributed by atoms with E-state index in [4.69, 9.17) is 16.7 Å². The predicted molar refractivity (Wildman–Crippen MR) is 58.0 cm³/mol. The van der Waals surface area contributed by atoms with Crippen LogP contribution in [0, 0.1) is 0 Å². The summed E-state index contributed by atoms with van der Waals surface area (Å²) >= 11 is 9.38. The third-order valence-electron chi connectivity index (χ3n) is 1.89. The highest BCUT2D eigenvalue weighted by molar-refractivity contribution is 9.10. The van der Waals surface area contributed by atoms with Crippen LogP contribution in [-0.4, -0.2) is 18.8 Å². The molecule has 1 aromatic carbocycles. The van der Waals surface area contributed by atoms with Gasteiger partial charge in [0.15, 0.2) is 0 Å². The quantitative estimate of drug-likeness (QED) is 0.878. The Labute approximate surface area is 91.0 Å². The molecule has 0 fully saturated rings. The van der Waals surface area contributed by atoms with Crippen LogP contribution in [0.2, 0.25) is 5.02 Å². The standard InChI is InChI=1S/C9H11BrClNO/c1-12-8(5-13)6-3-2-4-7(10)9(6)11/h2-4,8,12-13H,5H2,1H3/t8-/m0/s1. The Morgan fingerprint density at radius 1 is 1.62 bits per heavy atom. The minimum Gasteiger partial charge on any atom is -0.394 e. The minimum atomic E-state index is -0.106. The summed E-state index contributed by atoms with van der Waals surface area (Å²) in [5.41, 5.74) is 0.904. The monoisotopic (exact) mass is 263 g/mol. The molecule has 0 unspecified atom stereocenters. The molecule has 0 aliphatic carbocycles. The van der Waals surface area contributed by atoms with Gasteiger partial charge >= 0.3 is 0 Å². The fraction of sp³-hybridized carbons (Fsp3) is 0.333. The molecular formula is C9H11BrClNO. The Morgan fingerprint density at radius 3 is 2.85 bits per heavy atom. The number of likely N-dealkylation sites (N-methyl/N-ethyl adjacent to an activating group) is 1. The molecule has 4 heteroatoms. The highest BCUT2D eigenvalue weighted by Crippen LogP contribution is 2.29. The number of aliphatic hydroxyl groups is 1. The van der Waals surface area contributed by atoms with E-state index in [1.807, 2.05) is 18.2 Å². The molecule has 0 amide bonds. The highest BCUT2D eigenvalue weighted by Gasteiger charge is 2.12. The van der Waals surface area contributed by atoms with Gasteiger partial charge in [-0.05, 0) is 34.6 Å². The van der Waals surface area contributed by atoms with Gasteiger partial charge in [0.05, 0.1) is 17.7 Å². The summed E-state index contributed by atoms with van der Waals surface area (Å²) in [5.74, 6) is 0. The van der Waals surface area contributed by atoms with Crippen molar-refractivity contribution in [3.8, 4) is 0 Å². The number of nitrogens with one attached hydrogen (secondary N) is 1. The Balaban J connectivity index is 3.05. The van der Waals surface area contributed by atoms with Gasteiger partial charge in [0.2, 0.25) is 0 Å². The molecule has 0 aliphatic rings. The first-order valence-electron chi connectivity index (χ1n) is 3.92. The molecular weight excluding hydrogens is 253 g/mol. The lowest BCUT2D eigenvalue weighted by atomic mass is 10.1. The Bertz CT molecular complexity index is 289. The van der Waals surface area contributed by atoms with Crippen LogP contribution in [0.1, 0.15) is 11.6 Å². The van der Waals surface area contributed by atoms with Crippen LogP contribution in [0.4, 0.5) is 0 Å². The Hall–Kier alpha value is -0.0900. The van der Waals surface area contributed by atoms with Gasteiger partial charge in [0.1, 0.15) is 0 Å². The molecule has 72 valence electrons. The molecule has 0 saturated carbocycles. The maximum Gasteiger partial charge on any atom is 0.0626 e. The molecule has 13 heavy (non-hydrogen) atoms. The molecule has 2 nitrogen and oxygen atoms in total. The Kier molecular flexibility index (Phi) is 4.19. The van der Waals surface area contributed by atoms with Crippen molar-refractivity contribution >= 4 is 27.5 Å². The number of benzene rings is 1. The van der Waals surface area contributed by atoms with Gasteiger partial charge in [-0.3, -0.25) is 0 Å². The van der Waals surface area contributed by atoms with Gasteiger partial charge in [-0.15, -0.1) is 0 Å². The van der Waals surface area contributed by atoms with Crippen molar-refractivity contribution in [2.45, 2.75) is 6.04 Å². The van der Waals surface area contributed by atoms with Gasteiger partial charge in [-0.1, -0.05) is 23.7 Å². The molecule has 1 aromatic rings. The number of aliphatic hydroxyl groups excluding tert-OH is 1. The van der Waals surface area contributed by atoms with E-state index in [0.717, 1.165) is 10.0 Å². The lowest BCUT2D eigenvalue weighted by molar-refractivity contribution is 0.251. The first kappa shape index (κ1) is 11.0. The summed E-state index contributed by atoms with van der Waals surface area (Å²) < 4.78 is 0.848. The van der Waals surface area contributed by atoms with Crippen LogP contribution >= 0.6 is 27.5 Å². The average molecular weight is 265 g/mol. The molecule has 1 atom stereocenters. The van der Waals surface area contributed by atoms with Crippen molar-refractivity contribution in [1.82, 2.24) is 5.32 Å². The first-order valence-corrected chi connectivity index (χ1v) is 5.09. The van der Waals surface area contributed by atoms with E-state index in [2.05, 4.69) is 21.2 Å². The fourth-order valence-corrected chi connectivity index (χ4v) is 1.77. The molecule has 0 spiro atoms. The fourth-order valence-electron chi connectivity index (χ4n) is 1.13. The van der Waals surface area contributed by atoms with Crippen LogP contribution in [0.25, 0.3) is 0 Å². The molecule has 0 saturated heterocycles. The molecule has 0 aliphatic heterocycles. The molecule has 0 heterocycles. The maximum atomic E-state index is 9.06. The first-order chi connectivity index (χ1) is 6.20. The molecule has 0 radical (unpaired) electrons. The number of halogens is 2. The molecule has 0 aromatic heterocycles. The lowest BCUT2D eigenvalue weighted by Gasteiger charge is -2.15. The van der Waals surface area contributed by atoms with E-state index < -0.39 is 0 Å². The largest absolute Gasteiger partial charge is 0.394 e. The zero-order chi connectivity index (χ0) is 9.84. The second-order valence-electron chi connectivity index (χ2n) is 2.67. The second-order valence-corrected chi connectivity index (χ2v) is 3.90. The molecule has 1 rings (SSSR count). The van der Waals surface area contributed by atoms with Gasteiger partial charge in [0.25, 0.3) is 0 Å². The number of hydrogen-bond acceptors (Lipinski definition) is 2. The van der Waals surface area contributed by atoms with Gasteiger partial charge < -0.3 is 10.4 Å². The lowest BCUT2D eigenvalue weighted by Crippen LogP contribution is -2.20. The van der Waals surface area contributed by atoms with Crippen LogP contribution in [0.3, 0.4) is 0 Å². The summed E-state index contributed by atoms with van der Waals surface area (Å²) in [4.78, 5) is 0. The van der Waals surface area contributed by atoms with E-state index in [9.17, 15) is 0 Å². The summed E-state index contributed by atoms with van der Waals surface area (Å²) in [7, 11) is 1.79. The van der Waals surface area contributed by atoms with Crippen molar-refractivity contribution in [1.29, 1.82) is 0 Å². The average Bonchev–Trinajstić information content (AvgIpc) is 2.14. The van der Waals surface area contributed by atoms with Crippen molar-refractivity contribution in [2.75, 3.05) is 13.7 Å². The SMILES string of the molecule is CN[C@@H](CO)c1cccc(Br)c1Cl. The van der Waals surface area contributed by atoms with E-state index in [1.54, 1.807) is 7.05 Å². The number of rotatable bonds is 3. The summed E-state index contributed by atoms with van der Waals surface area (Å²) in [6.45, 7) is 0.0344. The maximum absolute atomic E-state index is 9.06. The normalized spacial score (nSPS) is 12.9. The van der Waals surface area contributed by atoms with Crippen LogP contribution in [0.5, 0.6) is 0 Å². The van der Waals surface area contributed by atoms with Crippen molar-refractivity contribution in [2.24, 2.45) is 0 Å². The minimum absolute atomic E-state index is 0.0344. The second kappa shape index (κ2) is 4.96. The number of hydrogen-bond donors (Lipinski definition) is 2. The summed E-state index contributed by atoms with van der Waals surface area (Å²) in [6.07, 6.45) is 0. The van der Waals surface area contributed by atoms with Crippen LogP contribution < -0.4 is 5.32 Å². The highest BCUT2D eigenvalue weighted by atomic mass is 79.9. The van der Waals surface area contributed by atoms with Crippen LogP contribution in [-0.2, 0) is 0 Å². The molecule has 2 N–H and O–H groups in total. The third-order valence-corrected chi connectivity index (χ3v) is 3.20. The van der Waals surface area contributed by atoms with Gasteiger partial charge in [0, 0.05) is 4.47 Å². The van der Waals surface area contributed by atoms with E-state index in [0.29, 0.717) is 5.02 Å². The van der Waals surface area contributed by atoms with E-state index in [1.165, 1.54) is 0 Å². The van der Waals surface area contributed by atoms with E-state index in [-0.39, 0.29) is 12.6 Å². The van der Waals surface area contributed by atoms with Crippen molar-refractivity contribution in [3.63, 3.8) is 0 Å². The van der Waals surface area contributed by atoms with Crippen molar-refractivity contribution < 1.29 is 5.11 Å². The van der Waals surface area contributed by atoms with Gasteiger partial charge in [-0.25, -0.2) is 0 Å². The van der Waals surface area contributed by atoms with Gasteiger partial charge in [-0.2, -0.15) is 0 Å². The smallest absolute Gasteiger partial charge is 0.0626 e. The topological polar surface area (TPSA) is 32.3 Å². The summed E-state index contributed by atoms with van der Waals surface area (Å²) in [5, 5.41) is 12.7. The third kappa shape index (κ3) is 2.44. The summed E-state index contributed by atoms with van der Waals surface area (Å²) in [6, 6.07) is 5.55. The zero-order valence-electron chi connectivity index (χ0n) is 7.22. The zero-order valence-corrected chi connectivity index (χ0v) is 9.56. The van der Waals surface area contributed by atoms with Crippen LogP contribution in [0.15, 0.2) is 22.7 Å². The van der Waals surface area contributed by atoms with E-state index >= 15 is 0 Å². The van der Waals surface area contributed by atoms with Crippen molar-refractivity contribution in [3.05, 3.63) is 33.3 Å².